The maximum absolute atomic E-state index is 5.94. The minimum Gasteiger partial charge on any atom is -0.440 e. The first kappa shape index (κ1) is 13.4. The van der Waals surface area contributed by atoms with Crippen LogP contribution >= 0.6 is 0 Å². The van der Waals surface area contributed by atoms with Crippen LogP contribution in [0, 0.1) is 13.8 Å². The second kappa shape index (κ2) is 5.09. The van der Waals surface area contributed by atoms with Crippen molar-refractivity contribution in [1.29, 1.82) is 0 Å². The van der Waals surface area contributed by atoms with Gasteiger partial charge in [0.25, 0.3) is 0 Å². The van der Waals surface area contributed by atoms with Gasteiger partial charge in [0.2, 0.25) is 0 Å². The summed E-state index contributed by atoms with van der Waals surface area (Å²) in [5, 5.41) is 3.40. The first-order valence-electron chi connectivity index (χ1n) is 7.44. The Labute approximate surface area is 120 Å². The Morgan fingerprint density at radius 1 is 1.25 bits per heavy atom. The van der Waals surface area contributed by atoms with Crippen molar-refractivity contribution in [2.24, 2.45) is 0 Å². The molecule has 1 fully saturated rings. The molecular formula is C16H23N3O. The van der Waals surface area contributed by atoms with Gasteiger partial charge in [-0.05, 0) is 25.5 Å². The van der Waals surface area contributed by atoms with Crippen molar-refractivity contribution >= 4 is 16.8 Å². The van der Waals surface area contributed by atoms with E-state index < -0.39 is 0 Å². The van der Waals surface area contributed by atoms with Crippen molar-refractivity contribution in [3.8, 4) is 0 Å². The Morgan fingerprint density at radius 2 is 1.95 bits per heavy atom. The molecule has 0 atom stereocenters. The molecule has 3 rings (SSSR count). The Hall–Kier alpha value is -1.55. The second-order valence-corrected chi connectivity index (χ2v) is 5.96. The monoisotopic (exact) mass is 273 g/mol. The van der Waals surface area contributed by atoms with Gasteiger partial charge < -0.3 is 14.6 Å². The highest BCUT2D eigenvalue weighted by atomic mass is 16.3. The Bertz CT molecular complexity index is 624. The number of benzene rings is 1. The summed E-state index contributed by atoms with van der Waals surface area (Å²) < 4.78 is 5.94. The average Bonchev–Trinajstić information content (AvgIpc) is 2.90. The number of oxazole rings is 1. The molecule has 2 heterocycles. The topological polar surface area (TPSA) is 41.3 Å². The van der Waals surface area contributed by atoms with E-state index in [0.717, 1.165) is 43.2 Å². The predicted molar refractivity (Wildman–Crippen MR) is 82.7 cm³/mol. The number of fused-ring (bicyclic) bond motifs is 1. The summed E-state index contributed by atoms with van der Waals surface area (Å²) in [5.41, 5.74) is 5.70. The molecule has 0 aliphatic carbocycles. The molecule has 0 spiro atoms. The van der Waals surface area contributed by atoms with E-state index >= 15 is 0 Å². The largest absolute Gasteiger partial charge is 0.440 e. The highest BCUT2D eigenvalue weighted by molar-refractivity contribution is 5.86. The number of nitrogens with one attached hydrogen (secondary N) is 1. The molecule has 0 bridgehead atoms. The fourth-order valence-electron chi connectivity index (χ4n) is 2.84. The molecule has 4 heteroatoms. The average molecular weight is 273 g/mol. The van der Waals surface area contributed by atoms with Crippen molar-refractivity contribution in [3.05, 3.63) is 23.1 Å². The summed E-state index contributed by atoms with van der Waals surface area (Å²) in [6.45, 7) is 12.7. The van der Waals surface area contributed by atoms with Crippen LogP contribution in [-0.2, 0) is 0 Å². The number of aromatic nitrogens is 1. The maximum atomic E-state index is 5.94. The van der Waals surface area contributed by atoms with E-state index in [1.54, 1.807) is 0 Å². The third kappa shape index (κ3) is 2.18. The number of nitrogens with zero attached hydrogens (tertiary/aromatic N) is 2. The highest BCUT2D eigenvalue weighted by Crippen LogP contribution is 2.33. The molecule has 1 aromatic carbocycles. The van der Waals surface area contributed by atoms with Gasteiger partial charge in [0.05, 0.1) is 0 Å². The van der Waals surface area contributed by atoms with Gasteiger partial charge in [-0.2, -0.15) is 0 Å². The Kier molecular flexibility index (Phi) is 3.42. The van der Waals surface area contributed by atoms with Gasteiger partial charge in [-0.25, -0.2) is 4.98 Å². The zero-order valence-corrected chi connectivity index (χ0v) is 12.8. The lowest BCUT2D eigenvalue weighted by atomic mass is 10.1. The van der Waals surface area contributed by atoms with Gasteiger partial charge in [0, 0.05) is 43.3 Å². The van der Waals surface area contributed by atoms with Crippen molar-refractivity contribution in [2.75, 3.05) is 31.1 Å². The van der Waals surface area contributed by atoms with E-state index in [-0.39, 0.29) is 0 Å². The van der Waals surface area contributed by atoms with Crippen LogP contribution in [0.2, 0.25) is 0 Å². The number of aryl methyl sites for hydroxylation is 2. The minimum absolute atomic E-state index is 0.323. The summed E-state index contributed by atoms with van der Waals surface area (Å²) in [6, 6.07) is 2.25. The van der Waals surface area contributed by atoms with Crippen molar-refractivity contribution in [3.63, 3.8) is 0 Å². The van der Waals surface area contributed by atoms with Crippen LogP contribution in [0.1, 0.15) is 36.8 Å². The molecule has 108 valence electrons. The maximum Gasteiger partial charge on any atom is 0.198 e. The van der Waals surface area contributed by atoms with Crippen molar-refractivity contribution in [2.45, 2.75) is 33.6 Å². The fourth-order valence-corrected chi connectivity index (χ4v) is 2.84. The summed E-state index contributed by atoms with van der Waals surface area (Å²) in [5.74, 6) is 1.16. The molecule has 20 heavy (non-hydrogen) atoms. The molecule has 0 radical (unpaired) electrons. The molecule has 4 nitrogen and oxygen atoms in total. The van der Waals surface area contributed by atoms with E-state index in [4.69, 9.17) is 9.40 Å². The number of rotatable bonds is 2. The van der Waals surface area contributed by atoms with Crippen LogP contribution in [0.3, 0.4) is 0 Å². The van der Waals surface area contributed by atoms with Crippen molar-refractivity contribution < 1.29 is 4.42 Å². The lowest BCUT2D eigenvalue weighted by molar-refractivity contribution is 0.500. The van der Waals surface area contributed by atoms with Crippen LogP contribution in [0.4, 0.5) is 5.69 Å². The smallest absolute Gasteiger partial charge is 0.198 e. The van der Waals surface area contributed by atoms with Crippen molar-refractivity contribution in [1.82, 2.24) is 10.3 Å². The van der Waals surface area contributed by atoms with Crippen LogP contribution in [0.15, 0.2) is 10.5 Å². The number of anilines is 1. The fraction of sp³-hybridized carbons (Fsp3) is 0.562. The second-order valence-electron chi connectivity index (χ2n) is 5.96. The first-order chi connectivity index (χ1) is 9.58. The predicted octanol–water partition coefficient (Wildman–Crippen LogP) is 2.98. The van der Waals surface area contributed by atoms with Gasteiger partial charge >= 0.3 is 0 Å². The van der Waals surface area contributed by atoms with E-state index in [0.29, 0.717) is 5.92 Å². The Balaban J connectivity index is 2.12. The van der Waals surface area contributed by atoms with E-state index in [2.05, 4.69) is 44.0 Å². The third-order valence-electron chi connectivity index (χ3n) is 4.05. The first-order valence-corrected chi connectivity index (χ1v) is 7.44. The molecule has 1 aliphatic rings. The molecule has 1 aromatic heterocycles. The molecule has 0 unspecified atom stereocenters. The van der Waals surface area contributed by atoms with E-state index in [9.17, 15) is 0 Å². The lowest BCUT2D eigenvalue weighted by Gasteiger charge is -2.31. The van der Waals surface area contributed by atoms with E-state index in [1.807, 2.05) is 0 Å². The quantitative estimate of drug-likeness (QED) is 0.913. The molecule has 0 saturated carbocycles. The number of hydrogen-bond donors (Lipinski definition) is 1. The minimum atomic E-state index is 0.323. The van der Waals surface area contributed by atoms with Crippen LogP contribution in [0.5, 0.6) is 0 Å². The SMILES string of the molecule is Cc1c(N2CCNCC2)cc(C)c2oc(C(C)C)nc12. The van der Waals surface area contributed by atoms with Gasteiger partial charge in [0.15, 0.2) is 11.5 Å². The normalized spacial score (nSPS) is 16.4. The lowest BCUT2D eigenvalue weighted by Crippen LogP contribution is -2.43. The zero-order chi connectivity index (χ0) is 14.3. The Morgan fingerprint density at radius 3 is 2.60 bits per heavy atom. The molecule has 0 amide bonds. The van der Waals surface area contributed by atoms with Crippen LogP contribution in [0.25, 0.3) is 11.1 Å². The van der Waals surface area contributed by atoms with E-state index in [1.165, 1.54) is 16.8 Å². The summed E-state index contributed by atoms with van der Waals surface area (Å²) >= 11 is 0. The molecule has 2 aromatic rings. The van der Waals surface area contributed by atoms with Gasteiger partial charge in [-0.15, -0.1) is 0 Å². The molecule has 1 N–H and O–H groups in total. The summed E-state index contributed by atoms with van der Waals surface area (Å²) in [7, 11) is 0. The number of hydrogen-bond acceptors (Lipinski definition) is 4. The molecule has 1 aliphatic heterocycles. The van der Waals surface area contributed by atoms with Crippen LogP contribution < -0.4 is 10.2 Å². The third-order valence-corrected chi connectivity index (χ3v) is 4.05. The standard InChI is InChI=1S/C16H23N3O/c1-10(2)16-18-14-12(4)13(9-11(3)15(14)20-16)19-7-5-17-6-8-19/h9-10,17H,5-8H2,1-4H3. The van der Waals surface area contributed by atoms with Gasteiger partial charge in [0.1, 0.15) is 5.52 Å². The molecule has 1 saturated heterocycles. The summed E-state index contributed by atoms with van der Waals surface area (Å²) in [6.07, 6.45) is 0. The highest BCUT2D eigenvalue weighted by Gasteiger charge is 2.19. The summed E-state index contributed by atoms with van der Waals surface area (Å²) in [4.78, 5) is 7.17. The molecular weight excluding hydrogens is 250 g/mol. The van der Waals surface area contributed by atoms with Gasteiger partial charge in [-0.3, -0.25) is 0 Å². The van der Waals surface area contributed by atoms with Crippen LogP contribution in [-0.4, -0.2) is 31.2 Å². The van der Waals surface area contributed by atoms with Gasteiger partial charge in [-0.1, -0.05) is 13.8 Å². The zero-order valence-electron chi connectivity index (χ0n) is 12.8. The number of piperazine rings is 1.